The highest BCUT2D eigenvalue weighted by Gasteiger charge is 2.40. The summed E-state index contributed by atoms with van der Waals surface area (Å²) in [6, 6.07) is 34.3. The normalized spacial score (nSPS) is 17.1. The molecule has 4 atom stereocenters. The Balaban J connectivity index is 1.06. The minimum atomic E-state index is -0.390. The van der Waals surface area contributed by atoms with Crippen molar-refractivity contribution in [1.82, 2.24) is 19.9 Å². The van der Waals surface area contributed by atoms with E-state index in [0.29, 0.717) is 45.8 Å². The Morgan fingerprint density at radius 3 is 0.843 bits per heavy atom. The van der Waals surface area contributed by atoms with Crippen LogP contribution in [-0.2, 0) is 0 Å². The van der Waals surface area contributed by atoms with Gasteiger partial charge in [0.05, 0.1) is 22.1 Å². The Kier molecular flexibility index (Phi) is 27.3. The van der Waals surface area contributed by atoms with E-state index in [1.807, 2.05) is 48.5 Å². The number of fused-ring (bicyclic) bond motifs is 6. The molecule has 6 heterocycles. The number of para-hydroxylation sites is 4. The van der Waals surface area contributed by atoms with E-state index in [9.17, 15) is 0 Å². The highest BCUT2D eigenvalue weighted by Crippen LogP contribution is 2.60. The Hall–Kier alpha value is -6.74. The lowest BCUT2D eigenvalue weighted by molar-refractivity contribution is 0.390. The van der Waals surface area contributed by atoms with Gasteiger partial charge >= 0.3 is 0 Å². The molecule has 0 saturated heterocycles. The number of aromatic nitrogens is 4. The summed E-state index contributed by atoms with van der Waals surface area (Å²) in [7, 11) is -0.779. The van der Waals surface area contributed by atoms with Crippen LogP contribution >= 0.6 is 18.1 Å². The molecule has 0 N–H and O–H groups in total. The van der Waals surface area contributed by atoms with E-state index < -0.39 is 0 Å². The zero-order valence-corrected chi connectivity index (χ0v) is 63.9. The van der Waals surface area contributed by atoms with E-state index >= 15 is 0 Å². The monoisotopic (exact) mass is 1420 g/mol. The first kappa shape index (κ1) is 73.6. The first-order valence-electron chi connectivity index (χ1n) is 40.6. The molecule has 0 spiro atoms. The Labute approximate surface area is 613 Å². The highest BCUT2D eigenvalue weighted by molar-refractivity contribution is 7.27. The maximum absolute atomic E-state index is 7.43. The Morgan fingerprint density at radius 1 is 0.255 bits per heavy atom. The van der Waals surface area contributed by atoms with Gasteiger partial charge in [-0.15, -0.1) is 0 Å². The van der Waals surface area contributed by atoms with E-state index in [1.54, 1.807) is 0 Å². The van der Waals surface area contributed by atoms with Gasteiger partial charge in [0.15, 0.2) is 0 Å². The van der Waals surface area contributed by atoms with Crippen LogP contribution in [0.3, 0.4) is 0 Å². The third kappa shape index (κ3) is 18.5. The summed E-state index contributed by atoms with van der Waals surface area (Å²) in [5, 5.41) is 0. The predicted octanol–water partition coefficient (Wildman–Crippen LogP) is 28.5. The minimum absolute atomic E-state index is 0.162. The maximum atomic E-state index is 7.43. The molecule has 4 aliphatic heterocycles. The van der Waals surface area contributed by atoms with Gasteiger partial charge in [-0.25, -0.2) is 19.9 Å². The van der Waals surface area contributed by atoms with Crippen molar-refractivity contribution in [2.75, 3.05) is 0 Å². The van der Waals surface area contributed by atoms with Crippen LogP contribution in [0.5, 0.6) is 69.5 Å². The van der Waals surface area contributed by atoms with Gasteiger partial charge in [0.2, 0.25) is 0 Å². The number of unbranched alkanes of at least 4 members (excludes halogenated alkanes) is 32. The summed E-state index contributed by atoms with van der Waals surface area (Å²) in [6.07, 6.45) is 47.7. The number of hydrogen-bond donors (Lipinski definition) is 0. The largest absolute Gasteiger partial charge is 0.440 e. The fourth-order valence-electron chi connectivity index (χ4n) is 16.8. The van der Waals surface area contributed by atoms with Crippen molar-refractivity contribution in [3.05, 3.63) is 142 Å². The van der Waals surface area contributed by atoms with Crippen LogP contribution in [0, 0.1) is 0 Å². The fraction of sp³-hybridized carbons (Fsp3) is 0.545. The van der Waals surface area contributed by atoms with Gasteiger partial charge in [-0.3, -0.25) is 0 Å². The molecule has 6 aromatic carbocycles. The molecule has 0 saturated carbocycles. The van der Waals surface area contributed by atoms with Crippen LogP contribution in [0.4, 0.5) is 0 Å². The van der Waals surface area contributed by atoms with Crippen LogP contribution in [0.25, 0.3) is 22.1 Å². The summed E-state index contributed by atoms with van der Waals surface area (Å²) >= 11 is 0. The van der Waals surface area contributed by atoms with E-state index in [2.05, 4.69) is 76.2 Å². The highest BCUT2D eigenvalue weighted by atomic mass is 31.1. The molecule has 1 aliphatic carbocycles. The van der Waals surface area contributed by atoms with Gasteiger partial charge in [0, 0.05) is 81.3 Å². The molecule has 4 unspecified atom stereocenters. The minimum Gasteiger partial charge on any atom is -0.440 e. The molecular formula is C88H114N4O8P2. The second-order valence-electron chi connectivity index (χ2n) is 30.0. The second-order valence-corrected chi connectivity index (χ2v) is 31.2. The van der Waals surface area contributed by atoms with E-state index in [1.165, 1.54) is 202 Å². The quantitative estimate of drug-likeness (QED) is 0.0268. The Bertz CT molecular complexity index is 3800. The van der Waals surface area contributed by atoms with E-state index in [-0.39, 0.29) is 53.5 Å². The summed E-state index contributed by atoms with van der Waals surface area (Å²) in [5.74, 6) is 6.19. The van der Waals surface area contributed by atoms with Crippen molar-refractivity contribution < 1.29 is 37.0 Å². The smallest absolute Gasteiger partial charge is 0.284 e. The molecule has 544 valence electrons. The predicted molar refractivity (Wildman–Crippen MR) is 419 cm³/mol. The molecular weight excluding hydrogens is 1300 g/mol. The zero-order valence-electron chi connectivity index (χ0n) is 61.9. The SMILES string of the molecule is CCCCCCCCCCCC1c2cc3c4cc2Oc2nc5ccccc5nc2Oc2cc5c(cc21)C(CCCCCCCCCCC)c1c(cc2cc1C(CCCCCCCCCCC)c1cc(cc(c1C3CCCCCCCCCCC)OPO4)Oc1nc3ccccc3nc1O2)OPO5. The lowest BCUT2D eigenvalue weighted by Crippen LogP contribution is -2.18. The molecule has 14 heteroatoms. The molecule has 0 fully saturated rings. The third-order valence-corrected chi connectivity index (χ3v) is 23.6. The summed E-state index contributed by atoms with van der Waals surface area (Å²) in [4.78, 5) is 21.0. The number of ether oxygens (including phenoxy) is 4. The van der Waals surface area contributed by atoms with Crippen molar-refractivity contribution in [2.24, 2.45) is 0 Å². The molecule has 5 aliphatic rings. The lowest BCUT2D eigenvalue weighted by atomic mass is 9.72. The van der Waals surface area contributed by atoms with Crippen LogP contribution in [-0.4, -0.2) is 19.9 Å². The van der Waals surface area contributed by atoms with Crippen LogP contribution < -0.4 is 37.0 Å². The van der Waals surface area contributed by atoms with Crippen LogP contribution in [0.1, 0.15) is 353 Å². The first-order valence-corrected chi connectivity index (χ1v) is 42.2. The molecule has 102 heavy (non-hydrogen) atoms. The topological polar surface area (TPSA) is 125 Å². The molecule has 12 nitrogen and oxygen atoms in total. The van der Waals surface area contributed by atoms with Gasteiger partial charge in [-0.2, -0.15) is 0 Å². The molecule has 8 aromatic rings. The summed E-state index contributed by atoms with van der Waals surface area (Å²) in [5.41, 5.74) is 12.1. The van der Waals surface area contributed by atoms with Crippen LogP contribution in [0.2, 0.25) is 0 Å². The number of benzene rings is 6. The van der Waals surface area contributed by atoms with E-state index in [4.69, 9.17) is 57.0 Å². The van der Waals surface area contributed by atoms with Gasteiger partial charge in [0.1, 0.15) is 46.0 Å². The van der Waals surface area contributed by atoms with Gasteiger partial charge in [0.25, 0.3) is 41.6 Å². The molecule has 0 radical (unpaired) electrons. The standard InChI is InChI=1S/C88H114N4O8P2/c1-5-9-13-17-21-25-29-33-37-45-63-67-57-69-65(47-39-35-31-27-23-19-15-11-7-3)83-71-53-61-55-81(83)99-101-97-79(69)59-77(67)95-87-88(92-76-52-44-43-51-75(76)91-87)96-78-60-80-70(58-68(63)78)66(48-40-36-32-28-24-20-16-12-8-4)84-72(64(71)46-38-34-30-26-22-18-14-10-6-2)54-62(56-82(84)100-102-98-80)94-86-85(93-61)89-73-49-41-42-50-74(73)90-86/h41-44,49-60,63-66,101-102H,5-40,45-48H2,1-4H3. The average Bonchev–Trinajstić information content (AvgIpc) is 1.15. The number of hydrogen-bond acceptors (Lipinski definition) is 12. The second kappa shape index (κ2) is 37.8. The third-order valence-electron chi connectivity index (χ3n) is 22.4. The Morgan fingerprint density at radius 2 is 0.520 bits per heavy atom. The van der Waals surface area contributed by atoms with Crippen molar-refractivity contribution in [3.63, 3.8) is 0 Å². The number of nitrogens with zero attached hydrogens (tertiary/aromatic N) is 4. The summed E-state index contributed by atoms with van der Waals surface area (Å²) in [6.45, 7) is 9.23. The number of rotatable bonds is 40. The lowest BCUT2D eigenvalue weighted by Gasteiger charge is -2.35. The first-order chi connectivity index (χ1) is 50.5. The van der Waals surface area contributed by atoms with Crippen molar-refractivity contribution >= 4 is 40.1 Å². The van der Waals surface area contributed by atoms with E-state index in [0.717, 1.165) is 133 Å². The van der Waals surface area contributed by atoms with Crippen LogP contribution in [0.15, 0.2) is 97.1 Å². The maximum Gasteiger partial charge on any atom is 0.284 e. The zero-order chi connectivity index (χ0) is 69.7. The van der Waals surface area contributed by atoms with Gasteiger partial charge in [-0.05, 0) is 85.3 Å². The average molecular weight is 1420 g/mol. The fourth-order valence-corrected chi connectivity index (χ4v) is 18.0. The molecule has 0 amide bonds. The molecule has 13 rings (SSSR count). The molecule has 2 aromatic heterocycles. The van der Waals surface area contributed by atoms with Gasteiger partial charge < -0.3 is 37.0 Å². The van der Waals surface area contributed by atoms with Crippen molar-refractivity contribution in [2.45, 2.75) is 308 Å². The van der Waals surface area contributed by atoms with Gasteiger partial charge in [-0.1, -0.05) is 283 Å². The molecule has 10 bridgehead atoms. The van der Waals surface area contributed by atoms with Crippen molar-refractivity contribution in [1.29, 1.82) is 0 Å². The summed E-state index contributed by atoms with van der Waals surface area (Å²) < 4.78 is 58.3. The van der Waals surface area contributed by atoms with Crippen molar-refractivity contribution in [3.8, 4) is 69.5 Å².